The maximum atomic E-state index is 13.1. The molecule has 5 atom stereocenters. The van der Waals surface area contributed by atoms with E-state index >= 15 is 0 Å². The predicted octanol–water partition coefficient (Wildman–Crippen LogP) is 3.90. The fraction of sp³-hybridized carbons (Fsp3) is 0.565. The zero-order valence-corrected chi connectivity index (χ0v) is 19.3. The van der Waals surface area contributed by atoms with Gasteiger partial charge in [-0.05, 0) is 55.2 Å². The number of halogens is 4. The average molecular weight is 501 g/mol. The Balaban J connectivity index is 1.42. The molecule has 0 spiro atoms. The molecule has 2 aliphatic carbocycles. The van der Waals surface area contributed by atoms with E-state index in [1.807, 2.05) is 0 Å². The number of benzene rings is 1. The minimum atomic E-state index is -4.63. The lowest BCUT2D eigenvalue weighted by Crippen LogP contribution is -2.50. The third-order valence-electron chi connectivity index (χ3n) is 7.03. The van der Waals surface area contributed by atoms with E-state index in [0.717, 1.165) is 36.3 Å². The molecule has 3 fully saturated rings. The van der Waals surface area contributed by atoms with Gasteiger partial charge in [0, 0.05) is 0 Å². The van der Waals surface area contributed by atoms with E-state index in [2.05, 4.69) is 5.32 Å². The van der Waals surface area contributed by atoms with Crippen molar-refractivity contribution >= 4 is 41.0 Å². The van der Waals surface area contributed by atoms with Crippen LogP contribution in [0, 0.1) is 29.6 Å². The van der Waals surface area contributed by atoms with Crippen LogP contribution in [0.1, 0.15) is 38.7 Å². The molecule has 0 radical (unpaired) electrons. The molecule has 1 N–H and O–H groups in total. The van der Waals surface area contributed by atoms with Crippen LogP contribution in [0.3, 0.4) is 0 Å². The van der Waals surface area contributed by atoms with Crippen molar-refractivity contribution in [3.63, 3.8) is 0 Å². The quantitative estimate of drug-likeness (QED) is 0.472. The van der Waals surface area contributed by atoms with E-state index in [1.54, 1.807) is 13.8 Å². The number of nitrogens with one attached hydrogen (secondary N) is 1. The number of alkyl halides is 3. The van der Waals surface area contributed by atoms with Gasteiger partial charge in [-0.1, -0.05) is 25.4 Å². The summed E-state index contributed by atoms with van der Waals surface area (Å²) in [6.07, 6.45) is -1.98. The van der Waals surface area contributed by atoms with Crippen LogP contribution in [0.5, 0.6) is 0 Å². The van der Waals surface area contributed by atoms with Gasteiger partial charge in [0.2, 0.25) is 11.8 Å². The first-order valence-electron chi connectivity index (χ1n) is 11.1. The number of likely N-dealkylation sites (tertiary alicyclic amines) is 1. The summed E-state index contributed by atoms with van der Waals surface area (Å²) in [7, 11) is 0. The number of rotatable bonds is 6. The predicted molar refractivity (Wildman–Crippen MR) is 114 cm³/mol. The molecule has 4 rings (SSSR count). The molecule has 1 heterocycles. The number of carbonyl (C=O) groups excluding carboxylic acids is 4. The first kappa shape index (κ1) is 24.5. The van der Waals surface area contributed by atoms with E-state index in [4.69, 9.17) is 16.3 Å². The third-order valence-corrected chi connectivity index (χ3v) is 7.36. The van der Waals surface area contributed by atoms with Gasteiger partial charge in [-0.15, -0.1) is 0 Å². The van der Waals surface area contributed by atoms with Crippen LogP contribution in [-0.4, -0.2) is 41.2 Å². The number of hydrogen-bond donors (Lipinski definition) is 1. The van der Waals surface area contributed by atoms with Crippen molar-refractivity contribution in [3.8, 4) is 0 Å². The van der Waals surface area contributed by atoms with Gasteiger partial charge in [-0.3, -0.25) is 19.3 Å². The largest absolute Gasteiger partial charge is 0.454 e. The summed E-state index contributed by atoms with van der Waals surface area (Å²) >= 11 is 5.87. The molecule has 0 unspecified atom stereocenters. The van der Waals surface area contributed by atoms with Crippen molar-refractivity contribution in [2.24, 2.45) is 29.6 Å². The second-order valence-corrected chi connectivity index (χ2v) is 9.88. The summed E-state index contributed by atoms with van der Waals surface area (Å²) in [6.45, 7) is 2.51. The highest BCUT2D eigenvalue weighted by molar-refractivity contribution is 6.33. The standard InChI is InChI=1S/C23H24ClF3N2O5/c1-10(2)19(29-20(31)17-11-3-4-12(7-11)18(17)21(29)32)22(33)34-9-16(30)28-15-8-13(23(25,26)27)5-6-14(15)24/h5-6,8,10-12,17-19H,3-4,7,9H2,1-2H3,(H,28,30)/t11-,12-,17-,18+,19-/m0/s1. The zero-order valence-electron chi connectivity index (χ0n) is 18.5. The Morgan fingerprint density at radius 2 is 1.74 bits per heavy atom. The Hall–Kier alpha value is -2.62. The van der Waals surface area contributed by atoms with Crippen LogP contribution in [0.4, 0.5) is 18.9 Å². The number of amides is 3. The molecule has 0 aromatic heterocycles. The number of esters is 1. The number of hydrogen-bond acceptors (Lipinski definition) is 5. The number of ether oxygens (including phenoxy) is 1. The van der Waals surface area contributed by atoms with Crippen LogP contribution in [0.15, 0.2) is 18.2 Å². The molecular weight excluding hydrogens is 477 g/mol. The summed E-state index contributed by atoms with van der Waals surface area (Å²) < 4.78 is 43.8. The average Bonchev–Trinajstić information content (AvgIpc) is 3.43. The van der Waals surface area contributed by atoms with E-state index in [-0.39, 0.29) is 34.4 Å². The Morgan fingerprint density at radius 3 is 2.26 bits per heavy atom. The molecule has 3 aliphatic rings. The monoisotopic (exact) mass is 500 g/mol. The highest BCUT2D eigenvalue weighted by atomic mass is 35.5. The van der Waals surface area contributed by atoms with Crippen LogP contribution >= 0.6 is 11.6 Å². The molecule has 7 nitrogen and oxygen atoms in total. The normalized spacial score (nSPS) is 26.7. The topological polar surface area (TPSA) is 92.8 Å². The molecule has 184 valence electrons. The number of anilines is 1. The number of nitrogens with zero attached hydrogens (tertiary/aromatic N) is 1. The molecule has 2 bridgehead atoms. The van der Waals surface area contributed by atoms with Crippen molar-refractivity contribution in [3.05, 3.63) is 28.8 Å². The van der Waals surface area contributed by atoms with Gasteiger partial charge in [0.25, 0.3) is 5.91 Å². The molecule has 3 amide bonds. The minimum absolute atomic E-state index is 0.123. The highest BCUT2D eigenvalue weighted by Crippen LogP contribution is 2.56. The van der Waals surface area contributed by atoms with Gasteiger partial charge < -0.3 is 10.1 Å². The summed E-state index contributed by atoms with van der Waals surface area (Å²) in [6, 6.07) is 1.26. The maximum Gasteiger partial charge on any atom is 0.416 e. The molecule has 1 aliphatic heterocycles. The van der Waals surface area contributed by atoms with Crippen LogP contribution < -0.4 is 5.32 Å². The summed E-state index contributed by atoms with van der Waals surface area (Å²) in [5.41, 5.74) is -1.29. The highest BCUT2D eigenvalue weighted by Gasteiger charge is 2.62. The SMILES string of the molecule is CC(C)[C@@H](C(=O)OCC(=O)Nc1cc(C(F)(F)F)ccc1Cl)N1C(=O)[C@@H]2[C@H]3CC[C@@H](C3)[C@@H]2C1=O. The first-order chi connectivity index (χ1) is 15.9. The number of fused-ring (bicyclic) bond motifs is 5. The van der Waals surface area contributed by atoms with Crippen LogP contribution in [0.2, 0.25) is 5.02 Å². The zero-order chi connectivity index (χ0) is 24.9. The first-order valence-corrected chi connectivity index (χ1v) is 11.5. The van der Waals surface area contributed by atoms with E-state index in [1.165, 1.54) is 0 Å². The van der Waals surface area contributed by atoms with Crippen molar-refractivity contribution in [2.45, 2.75) is 45.3 Å². The van der Waals surface area contributed by atoms with E-state index in [9.17, 15) is 32.3 Å². The Kier molecular flexibility index (Phi) is 6.39. The second-order valence-electron chi connectivity index (χ2n) is 9.47. The summed E-state index contributed by atoms with van der Waals surface area (Å²) in [5.74, 6) is -3.50. The lowest BCUT2D eigenvalue weighted by atomic mass is 9.81. The summed E-state index contributed by atoms with van der Waals surface area (Å²) in [4.78, 5) is 52.3. The maximum absolute atomic E-state index is 13.1. The molecular formula is C23H24ClF3N2O5. The Labute approximate surface area is 198 Å². The minimum Gasteiger partial charge on any atom is -0.454 e. The third kappa shape index (κ3) is 4.28. The van der Waals surface area contributed by atoms with Gasteiger partial charge in [0.15, 0.2) is 6.61 Å². The summed E-state index contributed by atoms with van der Waals surface area (Å²) in [5, 5.41) is 2.07. The molecule has 1 saturated heterocycles. The van der Waals surface area contributed by atoms with Gasteiger partial charge in [-0.25, -0.2) is 4.79 Å². The van der Waals surface area contributed by atoms with E-state index < -0.39 is 54.0 Å². The van der Waals surface area contributed by atoms with Crippen molar-refractivity contribution in [2.75, 3.05) is 11.9 Å². The number of imide groups is 1. The smallest absolute Gasteiger partial charge is 0.416 e. The van der Waals surface area contributed by atoms with Crippen molar-refractivity contribution in [1.29, 1.82) is 0 Å². The van der Waals surface area contributed by atoms with Crippen LogP contribution in [0.25, 0.3) is 0 Å². The van der Waals surface area contributed by atoms with Crippen LogP contribution in [-0.2, 0) is 30.1 Å². The fourth-order valence-electron chi connectivity index (χ4n) is 5.59. The molecule has 1 aromatic rings. The lowest BCUT2D eigenvalue weighted by Gasteiger charge is -2.28. The number of carbonyl (C=O) groups is 4. The van der Waals surface area contributed by atoms with Crippen molar-refractivity contribution < 1.29 is 37.1 Å². The Morgan fingerprint density at radius 1 is 1.15 bits per heavy atom. The van der Waals surface area contributed by atoms with Crippen molar-refractivity contribution in [1.82, 2.24) is 4.90 Å². The molecule has 1 aromatic carbocycles. The molecule has 11 heteroatoms. The fourth-order valence-corrected chi connectivity index (χ4v) is 5.75. The van der Waals surface area contributed by atoms with Gasteiger partial charge in [-0.2, -0.15) is 13.2 Å². The van der Waals surface area contributed by atoms with Gasteiger partial charge in [0.05, 0.1) is 28.1 Å². The van der Waals surface area contributed by atoms with Gasteiger partial charge in [0.1, 0.15) is 6.04 Å². The second kappa shape index (κ2) is 8.87. The van der Waals surface area contributed by atoms with E-state index in [0.29, 0.717) is 6.07 Å². The molecule has 2 saturated carbocycles. The Bertz CT molecular complexity index is 1020. The molecule has 34 heavy (non-hydrogen) atoms. The lowest BCUT2D eigenvalue weighted by molar-refractivity contribution is -0.162. The van der Waals surface area contributed by atoms with Gasteiger partial charge >= 0.3 is 12.1 Å².